The molecule has 0 aliphatic rings. The Morgan fingerprint density at radius 3 is 2.35 bits per heavy atom. The predicted molar refractivity (Wildman–Crippen MR) is 88.3 cm³/mol. The molecule has 2 aromatic rings. The summed E-state index contributed by atoms with van der Waals surface area (Å²) in [5.74, 6) is -0.413. The quantitative estimate of drug-likeness (QED) is 0.708. The van der Waals surface area contributed by atoms with Gasteiger partial charge < -0.3 is 4.18 Å². The first kappa shape index (κ1) is 17.5. The molecule has 0 radical (unpaired) electrons. The highest BCUT2D eigenvalue weighted by Gasteiger charge is 2.22. The third-order valence-electron chi connectivity index (χ3n) is 3.17. The van der Waals surface area contributed by atoms with Gasteiger partial charge in [-0.3, -0.25) is 13.9 Å². The number of hydrogen-bond acceptors (Lipinski definition) is 5. The van der Waals surface area contributed by atoms with Gasteiger partial charge in [0.25, 0.3) is 5.56 Å². The molecule has 0 atom stereocenters. The molecule has 1 aromatic heterocycles. The van der Waals surface area contributed by atoms with Crippen molar-refractivity contribution in [2.75, 3.05) is 0 Å². The summed E-state index contributed by atoms with van der Waals surface area (Å²) in [6.07, 6.45) is 1.12. The fourth-order valence-electron chi connectivity index (χ4n) is 2.00. The highest BCUT2D eigenvalue weighted by molar-refractivity contribution is 9.10. The average molecular weight is 403 g/mol. The average Bonchev–Trinajstić information content (AvgIpc) is 2.50. The molecular formula is C14H15BrN2O5S. The minimum absolute atomic E-state index is 0.100. The first-order valence-corrected chi connectivity index (χ1v) is 9.05. The van der Waals surface area contributed by atoms with E-state index in [0.29, 0.717) is 4.47 Å². The van der Waals surface area contributed by atoms with Gasteiger partial charge in [0.05, 0.1) is 6.20 Å². The third kappa shape index (κ3) is 3.40. The monoisotopic (exact) mass is 402 g/mol. The molecule has 23 heavy (non-hydrogen) atoms. The van der Waals surface area contributed by atoms with Gasteiger partial charge in [0.15, 0.2) is 0 Å². The number of aromatic nitrogens is 2. The summed E-state index contributed by atoms with van der Waals surface area (Å²) < 4.78 is 32.2. The van der Waals surface area contributed by atoms with E-state index in [4.69, 9.17) is 4.18 Å². The largest absolute Gasteiger partial charge is 0.371 e. The van der Waals surface area contributed by atoms with E-state index in [9.17, 15) is 18.0 Å². The molecule has 0 amide bonds. The van der Waals surface area contributed by atoms with Gasteiger partial charge in [-0.25, -0.2) is 4.79 Å². The van der Waals surface area contributed by atoms with Crippen LogP contribution in [-0.4, -0.2) is 17.6 Å². The van der Waals surface area contributed by atoms with E-state index in [1.54, 1.807) is 26.0 Å². The molecule has 1 aromatic carbocycles. The summed E-state index contributed by atoms with van der Waals surface area (Å²) in [6.45, 7) is 3.72. The van der Waals surface area contributed by atoms with Crippen molar-refractivity contribution in [1.82, 2.24) is 9.13 Å². The van der Waals surface area contributed by atoms with Crippen LogP contribution in [-0.2, 0) is 23.2 Å². The third-order valence-corrected chi connectivity index (χ3v) is 5.42. The molecule has 124 valence electrons. The summed E-state index contributed by atoms with van der Waals surface area (Å²) in [7, 11) is -4.20. The molecule has 1 heterocycles. The van der Waals surface area contributed by atoms with Crippen LogP contribution in [0.2, 0.25) is 0 Å². The van der Waals surface area contributed by atoms with Crippen LogP contribution in [0.4, 0.5) is 0 Å². The van der Waals surface area contributed by atoms with Crippen molar-refractivity contribution < 1.29 is 12.6 Å². The van der Waals surface area contributed by atoms with Crippen molar-refractivity contribution in [3.63, 3.8) is 0 Å². The SMILES string of the molecule is CCn1cc(OS(=O)(=O)c2ccccc2Br)c(=O)n(CC)c1=O. The number of nitrogens with zero attached hydrogens (tertiary/aromatic N) is 2. The molecule has 0 saturated heterocycles. The summed E-state index contributed by atoms with van der Waals surface area (Å²) in [6, 6.07) is 6.10. The predicted octanol–water partition coefficient (Wildman–Crippen LogP) is 1.58. The van der Waals surface area contributed by atoms with Crippen molar-refractivity contribution in [1.29, 1.82) is 0 Å². The van der Waals surface area contributed by atoms with E-state index < -0.39 is 27.1 Å². The van der Waals surface area contributed by atoms with Crippen LogP contribution >= 0.6 is 15.9 Å². The Morgan fingerprint density at radius 2 is 1.78 bits per heavy atom. The fraction of sp³-hybridized carbons (Fsp3) is 0.286. The lowest BCUT2D eigenvalue weighted by molar-refractivity contribution is 0.463. The molecule has 0 aliphatic carbocycles. The maximum absolute atomic E-state index is 12.4. The van der Waals surface area contributed by atoms with E-state index in [0.717, 1.165) is 10.8 Å². The van der Waals surface area contributed by atoms with Gasteiger partial charge in [-0.05, 0) is 41.9 Å². The van der Waals surface area contributed by atoms with Crippen molar-refractivity contribution in [2.24, 2.45) is 0 Å². The van der Waals surface area contributed by atoms with Crippen molar-refractivity contribution in [3.8, 4) is 5.75 Å². The molecule has 9 heteroatoms. The molecule has 0 N–H and O–H groups in total. The van der Waals surface area contributed by atoms with E-state index in [1.807, 2.05) is 0 Å². The lowest BCUT2D eigenvalue weighted by atomic mass is 10.4. The number of benzene rings is 1. The number of halogens is 1. The second-order valence-corrected chi connectivity index (χ2v) is 6.95. The second-order valence-electron chi connectivity index (χ2n) is 4.58. The molecule has 2 rings (SSSR count). The highest BCUT2D eigenvalue weighted by atomic mass is 79.9. The smallest absolute Gasteiger partial charge is 0.340 e. The van der Waals surface area contributed by atoms with Crippen molar-refractivity contribution in [3.05, 3.63) is 55.8 Å². The number of aryl methyl sites for hydroxylation is 1. The van der Waals surface area contributed by atoms with Crippen molar-refractivity contribution >= 4 is 26.0 Å². The van der Waals surface area contributed by atoms with Crippen molar-refractivity contribution in [2.45, 2.75) is 31.8 Å². The van der Waals surface area contributed by atoms with Crippen LogP contribution in [0.5, 0.6) is 5.75 Å². The lowest BCUT2D eigenvalue weighted by Gasteiger charge is -2.12. The van der Waals surface area contributed by atoms with Gasteiger partial charge in [-0.1, -0.05) is 12.1 Å². The summed E-state index contributed by atoms with van der Waals surface area (Å²) >= 11 is 3.13. The zero-order chi connectivity index (χ0) is 17.2. The van der Waals surface area contributed by atoms with Crippen LogP contribution in [0.15, 0.2) is 49.4 Å². The first-order valence-electron chi connectivity index (χ1n) is 6.85. The first-order chi connectivity index (χ1) is 10.8. The number of rotatable bonds is 5. The Bertz CT molecular complexity index is 946. The van der Waals surface area contributed by atoms with Gasteiger partial charge in [0, 0.05) is 17.6 Å². The lowest BCUT2D eigenvalue weighted by Crippen LogP contribution is -2.39. The van der Waals surface area contributed by atoms with Crippen LogP contribution in [0.3, 0.4) is 0 Å². The highest BCUT2D eigenvalue weighted by Crippen LogP contribution is 2.23. The normalized spacial score (nSPS) is 11.4. The van der Waals surface area contributed by atoms with Crippen LogP contribution in [0.1, 0.15) is 13.8 Å². The summed E-state index contributed by atoms with van der Waals surface area (Å²) in [5, 5.41) is 0. The minimum Gasteiger partial charge on any atom is -0.371 e. The van der Waals surface area contributed by atoms with E-state index >= 15 is 0 Å². The Kier molecular flexibility index (Phi) is 5.10. The standard InChI is InChI=1S/C14H15BrN2O5S/c1-3-16-9-11(13(18)17(4-2)14(16)19)22-23(20,21)12-8-6-5-7-10(12)15/h5-9H,3-4H2,1-2H3. The minimum atomic E-state index is -4.20. The molecule has 0 unspecified atom stereocenters. The zero-order valence-corrected chi connectivity index (χ0v) is 14.9. The Hall–Kier alpha value is -1.87. The molecular weight excluding hydrogens is 388 g/mol. The van der Waals surface area contributed by atoms with Crippen LogP contribution in [0.25, 0.3) is 0 Å². The summed E-state index contributed by atoms with van der Waals surface area (Å²) in [4.78, 5) is 24.1. The van der Waals surface area contributed by atoms with E-state index in [-0.39, 0.29) is 18.0 Å². The Morgan fingerprint density at radius 1 is 1.13 bits per heavy atom. The molecule has 0 bridgehead atoms. The topological polar surface area (TPSA) is 87.4 Å². The molecule has 0 fully saturated rings. The summed E-state index contributed by atoms with van der Waals surface area (Å²) in [5.41, 5.74) is -1.29. The molecule has 0 spiro atoms. The second kappa shape index (κ2) is 6.71. The van der Waals surface area contributed by atoms with Crippen LogP contribution in [0, 0.1) is 0 Å². The van der Waals surface area contributed by atoms with Gasteiger partial charge in [0.2, 0.25) is 5.75 Å². The molecule has 7 nitrogen and oxygen atoms in total. The fourth-order valence-corrected chi connectivity index (χ4v) is 3.87. The van der Waals surface area contributed by atoms with Gasteiger partial charge in [-0.15, -0.1) is 0 Å². The molecule has 0 aliphatic heterocycles. The zero-order valence-electron chi connectivity index (χ0n) is 12.5. The number of hydrogen-bond donors (Lipinski definition) is 0. The molecule has 0 saturated carbocycles. The van der Waals surface area contributed by atoms with Crippen LogP contribution < -0.4 is 15.4 Å². The van der Waals surface area contributed by atoms with Gasteiger partial charge >= 0.3 is 15.8 Å². The van der Waals surface area contributed by atoms with Gasteiger partial charge in [-0.2, -0.15) is 8.42 Å². The Balaban J connectivity index is 2.59. The van der Waals surface area contributed by atoms with E-state index in [2.05, 4.69) is 15.9 Å². The van der Waals surface area contributed by atoms with Gasteiger partial charge in [0.1, 0.15) is 4.90 Å². The maximum atomic E-state index is 12.4. The maximum Gasteiger partial charge on any atom is 0.340 e. The Labute approximate surface area is 141 Å². The van der Waals surface area contributed by atoms with E-state index in [1.165, 1.54) is 16.7 Å².